The molecule has 1 amide bonds. The molecule has 2 heterocycles. The van der Waals surface area contributed by atoms with Crippen molar-refractivity contribution in [3.05, 3.63) is 40.7 Å². The highest BCUT2D eigenvalue weighted by Gasteiger charge is 2.20. The molecule has 0 aliphatic carbocycles. The van der Waals surface area contributed by atoms with Gasteiger partial charge in [0.05, 0.1) is 17.5 Å². The molecule has 0 radical (unpaired) electrons. The van der Waals surface area contributed by atoms with Gasteiger partial charge in [-0.3, -0.25) is 4.79 Å². The van der Waals surface area contributed by atoms with Gasteiger partial charge in [-0.05, 0) is 38.0 Å². The lowest BCUT2D eigenvalue weighted by atomic mass is 10.2. The van der Waals surface area contributed by atoms with Gasteiger partial charge in [-0.25, -0.2) is 4.68 Å². The molecule has 1 aromatic carbocycles. The molecule has 1 aliphatic heterocycles. The minimum absolute atomic E-state index is 0.104. The molecule has 116 valence electrons. The third-order valence-electron chi connectivity index (χ3n) is 3.68. The summed E-state index contributed by atoms with van der Waals surface area (Å²) < 4.78 is 7.09. The first-order valence-corrected chi connectivity index (χ1v) is 7.61. The van der Waals surface area contributed by atoms with E-state index in [-0.39, 0.29) is 12.0 Å². The fraction of sp³-hybridized carbons (Fsp3) is 0.400. The molecule has 1 atom stereocenters. The van der Waals surface area contributed by atoms with Crippen molar-refractivity contribution in [1.29, 1.82) is 0 Å². The third-order valence-corrected chi connectivity index (χ3v) is 3.91. The van der Waals surface area contributed by atoms with Crippen molar-refractivity contribution in [2.75, 3.05) is 13.2 Å². The van der Waals surface area contributed by atoms with E-state index < -0.39 is 0 Å². The number of halogens is 1. The van der Waals surface area contributed by atoms with Crippen molar-refractivity contribution in [3.8, 4) is 5.69 Å². The van der Waals surface area contributed by atoms with E-state index in [1.807, 2.05) is 19.1 Å². The summed E-state index contributed by atoms with van der Waals surface area (Å²) in [5.41, 5.74) is 1.76. The Morgan fingerprint density at radius 2 is 2.41 bits per heavy atom. The Kier molecular flexibility index (Phi) is 4.40. The van der Waals surface area contributed by atoms with Crippen LogP contribution >= 0.6 is 11.6 Å². The number of carbonyl (C=O) groups excluding carboxylic acids is 1. The first kappa shape index (κ1) is 15.0. The van der Waals surface area contributed by atoms with E-state index in [0.29, 0.717) is 23.0 Å². The molecule has 1 fully saturated rings. The van der Waals surface area contributed by atoms with Gasteiger partial charge in [0.2, 0.25) is 0 Å². The molecule has 22 heavy (non-hydrogen) atoms. The number of rotatable bonds is 4. The second-order valence-corrected chi connectivity index (χ2v) is 5.70. The van der Waals surface area contributed by atoms with Gasteiger partial charge in [-0.15, -0.1) is 5.10 Å². The maximum atomic E-state index is 12.2. The Bertz CT molecular complexity index is 680. The fourth-order valence-corrected chi connectivity index (χ4v) is 2.67. The van der Waals surface area contributed by atoms with Crippen LogP contribution in [-0.2, 0) is 4.74 Å². The van der Waals surface area contributed by atoms with Crippen LogP contribution in [0.1, 0.15) is 29.0 Å². The Morgan fingerprint density at radius 3 is 3.14 bits per heavy atom. The van der Waals surface area contributed by atoms with Gasteiger partial charge in [0.25, 0.3) is 5.91 Å². The van der Waals surface area contributed by atoms with E-state index in [2.05, 4.69) is 15.6 Å². The number of amides is 1. The molecule has 3 rings (SSSR count). The summed E-state index contributed by atoms with van der Waals surface area (Å²) in [7, 11) is 0. The largest absolute Gasteiger partial charge is 0.376 e. The molecule has 0 saturated carbocycles. The molecule has 1 N–H and O–H groups in total. The number of hydrogen-bond donors (Lipinski definition) is 1. The molecule has 1 aromatic heterocycles. The van der Waals surface area contributed by atoms with Crippen molar-refractivity contribution in [2.24, 2.45) is 0 Å². The molecule has 0 unspecified atom stereocenters. The molecule has 0 spiro atoms. The molecule has 1 aliphatic rings. The highest BCUT2D eigenvalue weighted by Crippen LogP contribution is 2.17. The SMILES string of the molecule is Cc1c(C(=O)NC[C@H]2CCCO2)nnn1-c1cccc(Cl)c1. The summed E-state index contributed by atoms with van der Waals surface area (Å²) in [6.45, 7) is 3.08. The van der Waals surface area contributed by atoms with E-state index in [4.69, 9.17) is 16.3 Å². The second-order valence-electron chi connectivity index (χ2n) is 5.26. The van der Waals surface area contributed by atoms with Crippen LogP contribution in [0.3, 0.4) is 0 Å². The summed E-state index contributed by atoms with van der Waals surface area (Å²) in [4.78, 5) is 12.2. The Morgan fingerprint density at radius 1 is 1.55 bits per heavy atom. The monoisotopic (exact) mass is 320 g/mol. The quantitative estimate of drug-likeness (QED) is 0.937. The fourth-order valence-electron chi connectivity index (χ4n) is 2.49. The second kappa shape index (κ2) is 6.46. The van der Waals surface area contributed by atoms with Crippen LogP contribution < -0.4 is 5.32 Å². The number of ether oxygens (including phenoxy) is 1. The van der Waals surface area contributed by atoms with Crippen molar-refractivity contribution < 1.29 is 9.53 Å². The van der Waals surface area contributed by atoms with Crippen LogP contribution in [0.25, 0.3) is 5.69 Å². The lowest BCUT2D eigenvalue weighted by molar-refractivity contribution is 0.0853. The zero-order valence-corrected chi connectivity index (χ0v) is 13.0. The summed E-state index contributed by atoms with van der Waals surface area (Å²) in [5.74, 6) is -0.235. The number of aromatic nitrogens is 3. The topological polar surface area (TPSA) is 69.0 Å². The van der Waals surface area contributed by atoms with Crippen molar-refractivity contribution in [3.63, 3.8) is 0 Å². The maximum absolute atomic E-state index is 12.2. The minimum Gasteiger partial charge on any atom is -0.376 e. The van der Waals surface area contributed by atoms with Gasteiger partial charge >= 0.3 is 0 Å². The number of nitrogens with one attached hydrogen (secondary N) is 1. The van der Waals surface area contributed by atoms with E-state index in [9.17, 15) is 4.79 Å². The van der Waals surface area contributed by atoms with E-state index in [1.54, 1.807) is 16.8 Å². The first-order chi connectivity index (χ1) is 10.6. The predicted molar refractivity (Wildman–Crippen MR) is 82.4 cm³/mol. The lowest BCUT2D eigenvalue weighted by Crippen LogP contribution is -2.32. The molecule has 6 nitrogen and oxygen atoms in total. The predicted octanol–water partition coefficient (Wildman–Crippen LogP) is 2.14. The van der Waals surface area contributed by atoms with Crippen molar-refractivity contribution in [2.45, 2.75) is 25.9 Å². The zero-order valence-electron chi connectivity index (χ0n) is 12.3. The van der Waals surface area contributed by atoms with Crippen LogP contribution in [0.15, 0.2) is 24.3 Å². The van der Waals surface area contributed by atoms with Gasteiger partial charge in [-0.2, -0.15) is 0 Å². The first-order valence-electron chi connectivity index (χ1n) is 7.23. The van der Waals surface area contributed by atoms with Crippen molar-refractivity contribution >= 4 is 17.5 Å². The van der Waals surface area contributed by atoms with Gasteiger partial charge in [0.15, 0.2) is 5.69 Å². The van der Waals surface area contributed by atoms with Gasteiger partial charge in [-0.1, -0.05) is 22.9 Å². The van der Waals surface area contributed by atoms with Crippen LogP contribution in [-0.4, -0.2) is 40.2 Å². The molecular weight excluding hydrogens is 304 g/mol. The van der Waals surface area contributed by atoms with Crippen molar-refractivity contribution in [1.82, 2.24) is 20.3 Å². The van der Waals surface area contributed by atoms with Crippen LogP contribution in [0.5, 0.6) is 0 Å². The normalized spacial score (nSPS) is 17.6. The Balaban J connectivity index is 1.73. The summed E-state index contributed by atoms with van der Waals surface area (Å²) in [5, 5.41) is 11.5. The van der Waals surface area contributed by atoms with E-state index >= 15 is 0 Å². The molecule has 2 aromatic rings. The van der Waals surface area contributed by atoms with Crippen LogP contribution in [0, 0.1) is 6.92 Å². The minimum atomic E-state index is -0.235. The van der Waals surface area contributed by atoms with Gasteiger partial charge in [0.1, 0.15) is 0 Å². The molecule has 1 saturated heterocycles. The maximum Gasteiger partial charge on any atom is 0.273 e. The Hall–Kier alpha value is -1.92. The molecule has 0 bridgehead atoms. The Labute approximate surface area is 133 Å². The van der Waals surface area contributed by atoms with E-state index in [0.717, 1.165) is 25.1 Å². The lowest BCUT2D eigenvalue weighted by Gasteiger charge is -2.10. The average molecular weight is 321 g/mol. The number of hydrogen-bond acceptors (Lipinski definition) is 4. The highest BCUT2D eigenvalue weighted by atomic mass is 35.5. The molecular formula is C15H17ClN4O2. The van der Waals surface area contributed by atoms with Gasteiger partial charge < -0.3 is 10.1 Å². The summed E-state index contributed by atoms with van der Waals surface area (Å²) >= 11 is 5.98. The van der Waals surface area contributed by atoms with Crippen LogP contribution in [0.2, 0.25) is 5.02 Å². The highest BCUT2D eigenvalue weighted by molar-refractivity contribution is 6.30. The van der Waals surface area contributed by atoms with Gasteiger partial charge in [0, 0.05) is 18.2 Å². The molecule has 7 heteroatoms. The summed E-state index contributed by atoms with van der Waals surface area (Å²) in [6.07, 6.45) is 2.13. The number of nitrogens with zero attached hydrogens (tertiary/aromatic N) is 3. The number of benzene rings is 1. The van der Waals surface area contributed by atoms with E-state index in [1.165, 1.54) is 0 Å². The standard InChI is InChI=1S/C15H17ClN4O2/c1-10-14(15(21)17-9-13-6-3-7-22-13)18-19-20(10)12-5-2-4-11(16)8-12/h2,4-5,8,13H,3,6-7,9H2,1H3,(H,17,21)/t13-/m1/s1. The van der Waals surface area contributed by atoms with Crippen LogP contribution in [0.4, 0.5) is 0 Å². The number of carbonyl (C=O) groups is 1. The smallest absolute Gasteiger partial charge is 0.273 e. The zero-order chi connectivity index (χ0) is 15.5. The third kappa shape index (κ3) is 3.13. The average Bonchev–Trinajstić information content (AvgIpc) is 3.14. The summed E-state index contributed by atoms with van der Waals surface area (Å²) in [6, 6.07) is 7.25.